The molecule has 0 aliphatic rings. The number of nitrogens with zero attached hydrogens (tertiary/aromatic N) is 7. The van der Waals surface area contributed by atoms with Gasteiger partial charge >= 0.3 is 17.9 Å². The number of anilines is 5. The SMILES string of the molecule is CCOC(=O)c1cnc(Cl)cc1Cl.CCOC(=O)c1cnc(Cl)cc1Nc1cccnc1.Nc1cccnc1.O=C(O)c1cnc(Cl)cc1Cl.OCc1cnc(Cl)cc1Nc1cccnc1. The molecule has 344 valence electrons. The summed E-state index contributed by atoms with van der Waals surface area (Å²) in [5.41, 5.74) is 10.1. The van der Waals surface area contributed by atoms with Gasteiger partial charge in [-0.1, -0.05) is 69.6 Å². The average Bonchev–Trinajstić information content (AvgIpc) is 3.28. The molecule has 7 rings (SSSR count). The number of ether oxygens (including phenoxy) is 2. The van der Waals surface area contributed by atoms with E-state index in [0.29, 0.717) is 46.0 Å². The van der Waals surface area contributed by atoms with Gasteiger partial charge in [-0.25, -0.2) is 34.3 Å². The quantitative estimate of drug-likeness (QED) is 0.0631. The first-order chi connectivity index (χ1) is 31.6. The molecule has 7 heterocycles. The molecule has 0 fully saturated rings. The van der Waals surface area contributed by atoms with E-state index in [9.17, 15) is 14.4 Å². The van der Waals surface area contributed by atoms with Crippen LogP contribution < -0.4 is 16.4 Å². The number of pyridine rings is 7. The molecule has 66 heavy (non-hydrogen) atoms. The first-order valence-electron chi connectivity index (χ1n) is 18.8. The molecule has 7 aromatic rings. The minimum atomic E-state index is -1.11. The average molecular weight is 1020 g/mol. The molecule has 7 aromatic heterocycles. The Bertz CT molecular complexity index is 2630. The fraction of sp³-hybridized carbons (Fsp3) is 0.116. The predicted molar refractivity (Wildman–Crippen MR) is 255 cm³/mol. The Labute approximate surface area is 408 Å². The topological polar surface area (TPSA) is 250 Å². The lowest BCUT2D eigenvalue weighted by atomic mass is 10.2. The zero-order chi connectivity index (χ0) is 48.4. The summed E-state index contributed by atoms with van der Waals surface area (Å²) in [5, 5.41) is 25.3. The number of carboxylic acids is 1. The van der Waals surface area contributed by atoms with Gasteiger partial charge in [0.25, 0.3) is 0 Å². The second kappa shape index (κ2) is 29.2. The molecule has 0 atom stereocenters. The summed E-state index contributed by atoms with van der Waals surface area (Å²) in [6.45, 7) is 3.98. The number of aromatic carboxylic acids is 1. The van der Waals surface area contributed by atoms with Crippen molar-refractivity contribution in [2.24, 2.45) is 0 Å². The van der Waals surface area contributed by atoms with Gasteiger partial charge in [-0.15, -0.1) is 0 Å². The number of carbonyl (C=O) groups is 3. The summed E-state index contributed by atoms with van der Waals surface area (Å²) in [7, 11) is 0. The van der Waals surface area contributed by atoms with Crippen molar-refractivity contribution in [3.05, 3.63) is 176 Å². The number of nitrogens with one attached hydrogen (secondary N) is 2. The van der Waals surface area contributed by atoms with E-state index in [-0.39, 0.29) is 38.1 Å². The number of aliphatic hydroxyl groups excluding tert-OH is 1. The largest absolute Gasteiger partial charge is 0.478 e. The van der Waals surface area contributed by atoms with Gasteiger partial charge < -0.3 is 36.1 Å². The summed E-state index contributed by atoms with van der Waals surface area (Å²) in [4.78, 5) is 60.2. The molecule has 23 heteroatoms. The number of aromatic nitrogens is 7. The van der Waals surface area contributed by atoms with Gasteiger partial charge in [0, 0.05) is 60.8 Å². The zero-order valence-corrected chi connectivity index (χ0v) is 39.1. The van der Waals surface area contributed by atoms with E-state index in [1.54, 1.807) is 87.6 Å². The van der Waals surface area contributed by atoms with Gasteiger partial charge in [0.2, 0.25) is 0 Å². The number of aliphatic hydroxyl groups is 1. The number of carbonyl (C=O) groups excluding carboxylic acids is 2. The van der Waals surface area contributed by atoms with E-state index in [0.717, 1.165) is 23.3 Å². The minimum Gasteiger partial charge on any atom is -0.478 e. The van der Waals surface area contributed by atoms with Crippen molar-refractivity contribution < 1.29 is 34.1 Å². The number of hydrogen-bond donors (Lipinski definition) is 5. The molecule has 0 bridgehead atoms. The molecule has 17 nitrogen and oxygen atoms in total. The van der Waals surface area contributed by atoms with Crippen molar-refractivity contribution in [3.8, 4) is 0 Å². The van der Waals surface area contributed by atoms with E-state index < -0.39 is 17.9 Å². The van der Waals surface area contributed by atoms with Crippen LogP contribution in [0.1, 0.15) is 50.5 Å². The molecular weight excluding hydrogens is 981 g/mol. The maximum Gasteiger partial charge on any atom is 0.341 e. The lowest BCUT2D eigenvalue weighted by Gasteiger charge is -2.11. The Balaban J connectivity index is 0.000000226. The van der Waals surface area contributed by atoms with Crippen LogP contribution in [0.4, 0.5) is 28.4 Å². The van der Waals surface area contributed by atoms with E-state index in [1.165, 1.54) is 24.5 Å². The van der Waals surface area contributed by atoms with Crippen molar-refractivity contribution in [1.82, 2.24) is 34.9 Å². The van der Waals surface area contributed by atoms with Crippen molar-refractivity contribution in [2.75, 3.05) is 29.6 Å². The number of carboxylic acid groups (broad SMARTS) is 1. The highest BCUT2D eigenvalue weighted by atomic mass is 35.5. The molecule has 0 aliphatic heterocycles. The lowest BCUT2D eigenvalue weighted by Crippen LogP contribution is -2.08. The highest BCUT2D eigenvalue weighted by Gasteiger charge is 2.15. The third-order valence-electron chi connectivity index (χ3n) is 7.42. The molecule has 6 N–H and O–H groups in total. The summed E-state index contributed by atoms with van der Waals surface area (Å²) in [6.07, 6.45) is 15.3. The molecule has 0 saturated carbocycles. The van der Waals surface area contributed by atoms with Crippen LogP contribution >= 0.6 is 69.6 Å². The maximum absolute atomic E-state index is 11.8. The van der Waals surface area contributed by atoms with Gasteiger partial charge in [0.05, 0.1) is 76.1 Å². The third kappa shape index (κ3) is 19.3. The fourth-order valence-electron chi connectivity index (χ4n) is 4.50. The number of nitrogens with two attached hydrogens (primary N) is 1. The number of esters is 2. The Kier molecular flexibility index (Phi) is 23.8. The molecule has 0 spiro atoms. The first kappa shape index (κ1) is 53.9. The summed E-state index contributed by atoms with van der Waals surface area (Å²) < 4.78 is 9.71. The second-order valence-electron chi connectivity index (χ2n) is 12.1. The van der Waals surface area contributed by atoms with Crippen LogP contribution in [0.2, 0.25) is 30.7 Å². The van der Waals surface area contributed by atoms with E-state index in [4.69, 9.17) is 95.0 Å². The Morgan fingerprint density at radius 2 is 1.00 bits per heavy atom. The Morgan fingerprint density at radius 1 is 0.576 bits per heavy atom. The number of halogens is 6. The minimum absolute atomic E-state index is 0.0453. The standard InChI is InChI=1S/C13H12ClN3O2.C11H10ClN3O.C8H7Cl2NO2.C6H3Cl2NO2.C5H6N2/c1-2-19-13(18)10-8-16-12(14)6-11(10)17-9-4-3-5-15-7-9;12-11-4-10(8(7-16)5-14-11)15-9-2-1-3-13-6-9;1-2-13-8(12)5-4-11-7(10)3-6(5)9;7-4-1-5(8)9-2-3(4)6(10)11;6-5-2-1-3-7-4-5/h3-8H,2H2,1H3,(H,16,17);1-6,16H,7H2,(H,14,15);3-4H,2H2,1H3;1-2H,(H,10,11);1-4H,6H2. The van der Waals surface area contributed by atoms with E-state index >= 15 is 0 Å². The monoisotopic (exact) mass is 1020 g/mol. The van der Waals surface area contributed by atoms with Crippen LogP contribution in [0.3, 0.4) is 0 Å². The third-order valence-corrected chi connectivity index (χ3v) is 8.87. The van der Waals surface area contributed by atoms with Crippen LogP contribution in [0.15, 0.2) is 123 Å². The van der Waals surface area contributed by atoms with E-state index in [1.807, 2.05) is 18.2 Å². The van der Waals surface area contributed by atoms with Crippen molar-refractivity contribution >= 4 is 116 Å². The molecule has 0 saturated heterocycles. The van der Waals surface area contributed by atoms with Crippen molar-refractivity contribution in [2.45, 2.75) is 20.5 Å². The van der Waals surface area contributed by atoms with Crippen LogP contribution in [0.25, 0.3) is 0 Å². The highest BCUT2D eigenvalue weighted by Crippen LogP contribution is 2.25. The van der Waals surface area contributed by atoms with Crippen LogP contribution in [-0.2, 0) is 16.1 Å². The smallest absolute Gasteiger partial charge is 0.341 e. The normalized spacial score (nSPS) is 9.77. The summed E-state index contributed by atoms with van der Waals surface area (Å²) >= 11 is 33.9. The number of hydrogen-bond acceptors (Lipinski definition) is 16. The molecular formula is C43H38Cl6N10O7. The van der Waals surface area contributed by atoms with Gasteiger partial charge in [-0.05, 0) is 74.5 Å². The number of nitrogen functional groups attached to an aromatic ring is 1. The van der Waals surface area contributed by atoms with Crippen molar-refractivity contribution in [3.63, 3.8) is 0 Å². The Hall–Kier alpha value is -6.44. The molecule has 0 aliphatic carbocycles. The van der Waals surface area contributed by atoms with Crippen LogP contribution in [0, 0.1) is 0 Å². The fourth-order valence-corrected chi connectivity index (χ4v) is 5.70. The van der Waals surface area contributed by atoms with Gasteiger partial charge in [-0.2, -0.15) is 0 Å². The predicted octanol–water partition coefficient (Wildman–Crippen LogP) is 10.7. The molecule has 0 unspecified atom stereocenters. The van der Waals surface area contributed by atoms with Crippen LogP contribution in [0.5, 0.6) is 0 Å². The zero-order valence-electron chi connectivity index (χ0n) is 34.6. The second-order valence-corrected chi connectivity index (χ2v) is 14.5. The van der Waals surface area contributed by atoms with Crippen molar-refractivity contribution in [1.29, 1.82) is 0 Å². The maximum atomic E-state index is 11.8. The summed E-state index contributed by atoms with van der Waals surface area (Å²) in [6, 6.07) is 16.8. The Morgan fingerprint density at radius 3 is 1.41 bits per heavy atom. The first-order valence-corrected chi connectivity index (χ1v) is 21.0. The van der Waals surface area contributed by atoms with Gasteiger partial charge in [0.15, 0.2) is 0 Å². The van der Waals surface area contributed by atoms with Crippen LogP contribution in [-0.4, -0.2) is 76.2 Å². The van der Waals surface area contributed by atoms with Gasteiger partial charge in [0.1, 0.15) is 26.2 Å². The van der Waals surface area contributed by atoms with Gasteiger partial charge in [-0.3, -0.25) is 15.0 Å². The lowest BCUT2D eigenvalue weighted by molar-refractivity contribution is 0.0517. The highest BCUT2D eigenvalue weighted by molar-refractivity contribution is 6.36. The summed E-state index contributed by atoms with van der Waals surface area (Å²) in [5.74, 6) is -2.05. The number of rotatable bonds is 10. The van der Waals surface area contributed by atoms with E-state index in [2.05, 4.69) is 45.5 Å². The molecule has 0 amide bonds. The molecule has 0 aromatic carbocycles. The molecule has 0 radical (unpaired) electrons.